The van der Waals surface area contributed by atoms with Crippen molar-refractivity contribution in [1.29, 1.82) is 0 Å². The molecule has 0 aliphatic rings. The Morgan fingerprint density at radius 3 is 2.41 bits per heavy atom. The average molecular weight is 292 g/mol. The summed E-state index contributed by atoms with van der Waals surface area (Å²) in [4.78, 5) is 5.65. The molecule has 1 aromatic heterocycles. The van der Waals surface area contributed by atoms with E-state index in [1.807, 2.05) is 0 Å². The Balaban J connectivity index is 2.14. The zero-order valence-electron chi connectivity index (χ0n) is 13.4. The number of nitrogens with one attached hydrogen (secondary N) is 1. The van der Waals surface area contributed by atoms with E-state index in [-0.39, 0.29) is 0 Å². The lowest BCUT2D eigenvalue weighted by Gasteiger charge is -2.12. The third-order valence-electron chi connectivity index (χ3n) is 3.80. The molecule has 0 amide bonds. The van der Waals surface area contributed by atoms with Crippen LogP contribution in [0.15, 0.2) is 60.7 Å². The maximum absolute atomic E-state index is 4.07. The molecule has 3 aromatic rings. The van der Waals surface area contributed by atoms with Crippen molar-refractivity contribution in [1.82, 2.24) is 4.98 Å². The van der Waals surface area contributed by atoms with Crippen LogP contribution < -0.4 is 9.47 Å². The van der Waals surface area contributed by atoms with Crippen LogP contribution in [0.3, 0.4) is 0 Å². The molecule has 0 aliphatic carbocycles. The van der Waals surface area contributed by atoms with Crippen LogP contribution in [-0.2, 0) is 6.54 Å². The van der Waals surface area contributed by atoms with Crippen molar-refractivity contribution in [3.8, 4) is 11.4 Å². The molecule has 0 atom stereocenters. The van der Waals surface area contributed by atoms with Crippen LogP contribution in [0.5, 0.6) is 0 Å². The number of fused-ring (bicyclic) bond motifs is 1. The van der Waals surface area contributed by atoms with Gasteiger partial charge in [0.25, 0.3) is 5.82 Å². The molecule has 1 heterocycles. The van der Waals surface area contributed by atoms with E-state index in [9.17, 15) is 0 Å². The highest BCUT2D eigenvalue weighted by Crippen LogP contribution is 2.22. The summed E-state index contributed by atoms with van der Waals surface area (Å²) in [5.41, 5.74) is 5.88. The Kier molecular flexibility index (Phi) is 3.72. The van der Waals surface area contributed by atoms with Crippen molar-refractivity contribution in [3.05, 3.63) is 60.7 Å². The molecule has 3 nitrogen and oxygen atoms in total. The first-order valence-corrected chi connectivity index (χ1v) is 7.49. The van der Waals surface area contributed by atoms with E-state index in [1.165, 1.54) is 16.8 Å². The zero-order valence-corrected chi connectivity index (χ0v) is 13.4. The number of nitrogens with zero attached hydrogens (tertiary/aromatic N) is 2. The highest BCUT2D eigenvalue weighted by atomic mass is 15.1. The smallest absolute Gasteiger partial charge is 0.287 e. The van der Waals surface area contributed by atoms with Gasteiger partial charge in [0, 0.05) is 19.8 Å². The van der Waals surface area contributed by atoms with Gasteiger partial charge >= 0.3 is 0 Å². The van der Waals surface area contributed by atoms with Gasteiger partial charge < -0.3 is 4.90 Å². The van der Waals surface area contributed by atoms with Gasteiger partial charge in [-0.2, -0.15) is 0 Å². The van der Waals surface area contributed by atoms with Gasteiger partial charge in [-0.15, -0.1) is 0 Å². The van der Waals surface area contributed by atoms with Crippen LogP contribution in [0, 0.1) is 0 Å². The molecule has 0 spiro atoms. The monoisotopic (exact) mass is 292 g/mol. The molecule has 112 valence electrons. The van der Waals surface area contributed by atoms with E-state index >= 15 is 0 Å². The normalized spacial score (nSPS) is 10.9. The molecular formula is C19H22N3+. The lowest BCUT2D eigenvalue weighted by atomic mass is 10.2. The maximum Gasteiger partial charge on any atom is 0.287 e. The van der Waals surface area contributed by atoms with E-state index in [4.69, 9.17) is 0 Å². The van der Waals surface area contributed by atoms with Gasteiger partial charge in [0.2, 0.25) is 0 Å². The molecule has 0 aliphatic heterocycles. The molecule has 3 rings (SSSR count). The Bertz CT molecular complexity index is 810. The van der Waals surface area contributed by atoms with Gasteiger partial charge in [-0.1, -0.05) is 18.7 Å². The topological polar surface area (TPSA) is 22.9 Å². The Labute approximate surface area is 131 Å². The number of allylic oxidation sites excluding steroid dienone is 1. The molecule has 0 bridgehead atoms. The maximum atomic E-state index is 4.07. The van der Waals surface area contributed by atoms with Gasteiger partial charge in [0.1, 0.15) is 6.54 Å². The van der Waals surface area contributed by atoms with Crippen molar-refractivity contribution in [2.75, 3.05) is 19.0 Å². The third kappa shape index (κ3) is 2.62. The van der Waals surface area contributed by atoms with Crippen molar-refractivity contribution >= 4 is 16.7 Å². The predicted molar refractivity (Wildman–Crippen MR) is 93.1 cm³/mol. The second-order valence-electron chi connectivity index (χ2n) is 5.98. The highest BCUT2D eigenvalue weighted by Gasteiger charge is 2.19. The fraction of sp³-hybridized carbons (Fsp3) is 0.211. The number of para-hydroxylation sites is 2. The summed E-state index contributed by atoms with van der Waals surface area (Å²) in [5, 5.41) is 0. The van der Waals surface area contributed by atoms with Crippen LogP contribution in [-0.4, -0.2) is 19.1 Å². The van der Waals surface area contributed by atoms with Gasteiger partial charge in [-0.25, -0.2) is 9.55 Å². The summed E-state index contributed by atoms with van der Waals surface area (Å²) in [7, 11) is 4.11. The van der Waals surface area contributed by atoms with Crippen LogP contribution >= 0.6 is 0 Å². The largest absolute Gasteiger partial charge is 0.378 e. The molecule has 0 unspecified atom stereocenters. The van der Waals surface area contributed by atoms with Crippen molar-refractivity contribution in [2.45, 2.75) is 13.5 Å². The lowest BCUT2D eigenvalue weighted by Crippen LogP contribution is -2.35. The number of imidazole rings is 1. The van der Waals surface area contributed by atoms with Crippen LogP contribution in [0.2, 0.25) is 0 Å². The van der Waals surface area contributed by atoms with Gasteiger partial charge in [0.15, 0.2) is 11.0 Å². The zero-order chi connectivity index (χ0) is 15.7. The highest BCUT2D eigenvalue weighted by molar-refractivity contribution is 5.75. The number of hydrogen-bond donors (Lipinski definition) is 1. The van der Waals surface area contributed by atoms with Crippen LogP contribution in [0.1, 0.15) is 6.92 Å². The summed E-state index contributed by atoms with van der Waals surface area (Å²) < 4.78 is 2.29. The number of aromatic amines is 1. The Hall–Kier alpha value is -2.55. The minimum Gasteiger partial charge on any atom is -0.378 e. The fourth-order valence-corrected chi connectivity index (χ4v) is 2.71. The number of hydrogen-bond acceptors (Lipinski definition) is 1. The van der Waals surface area contributed by atoms with Crippen molar-refractivity contribution in [2.24, 2.45) is 0 Å². The number of aromatic nitrogens is 2. The molecular weight excluding hydrogens is 270 g/mol. The summed E-state index contributed by atoms with van der Waals surface area (Å²) in [5.74, 6) is 1.12. The molecule has 1 N–H and O–H groups in total. The van der Waals surface area contributed by atoms with E-state index in [1.54, 1.807) is 0 Å². The number of rotatable bonds is 4. The van der Waals surface area contributed by atoms with E-state index < -0.39 is 0 Å². The summed E-state index contributed by atoms with van der Waals surface area (Å²) >= 11 is 0. The van der Waals surface area contributed by atoms with Crippen molar-refractivity contribution in [3.63, 3.8) is 0 Å². The van der Waals surface area contributed by atoms with E-state index in [0.717, 1.165) is 23.5 Å². The molecule has 0 radical (unpaired) electrons. The Morgan fingerprint density at radius 1 is 1.09 bits per heavy atom. The summed E-state index contributed by atoms with van der Waals surface area (Å²) in [6.07, 6.45) is 0. The quantitative estimate of drug-likeness (QED) is 0.574. The second-order valence-corrected chi connectivity index (χ2v) is 5.98. The minimum absolute atomic E-state index is 0.814. The number of anilines is 1. The Morgan fingerprint density at radius 2 is 1.77 bits per heavy atom. The van der Waals surface area contributed by atoms with Crippen molar-refractivity contribution < 1.29 is 4.57 Å². The first-order chi connectivity index (χ1) is 10.6. The lowest BCUT2D eigenvalue weighted by molar-refractivity contribution is -0.651. The molecule has 22 heavy (non-hydrogen) atoms. The first kappa shape index (κ1) is 14.4. The summed E-state index contributed by atoms with van der Waals surface area (Å²) in [6.45, 7) is 6.94. The third-order valence-corrected chi connectivity index (χ3v) is 3.80. The van der Waals surface area contributed by atoms with Crippen LogP contribution in [0.25, 0.3) is 22.4 Å². The molecule has 3 heteroatoms. The van der Waals surface area contributed by atoms with Gasteiger partial charge in [-0.3, -0.25) is 0 Å². The SMILES string of the molecule is C=C(C)C[n+]1c(-c2ccc(N(C)C)cc2)[nH]c2ccccc21. The molecule has 0 fully saturated rings. The van der Waals surface area contributed by atoms with Gasteiger partial charge in [0.05, 0.1) is 5.56 Å². The standard InChI is InChI=1S/C19H21N3/c1-14(2)13-22-18-8-6-5-7-17(18)20-19(22)15-9-11-16(12-10-15)21(3)4/h5-12H,1,13H2,2-4H3/p+1. The molecule has 2 aromatic carbocycles. The predicted octanol–water partition coefficient (Wildman–Crippen LogP) is 3.76. The van der Waals surface area contributed by atoms with Gasteiger partial charge in [-0.05, 0) is 48.9 Å². The summed E-state index contributed by atoms with van der Waals surface area (Å²) in [6, 6.07) is 17.0. The van der Waals surface area contributed by atoms with E-state index in [0.29, 0.717) is 0 Å². The number of H-pyrrole nitrogens is 1. The molecule has 0 saturated carbocycles. The molecule has 0 saturated heterocycles. The minimum atomic E-state index is 0.814. The van der Waals surface area contributed by atoms with Crippen LogP contribution in [0.4, 0.5) is 5.69 Å². The first-order valence-electron chi connectivity index (χ1n) is 7.49. The second kappa shape index (κ2) is 5.68. The fourth-order valence-electron chi connectivity index (χ4n) is 2.71. The van der Waals surface area contributed by atoms with E-state index in [2.05, 4.69) is 90.6 Å². The number of benzene rings is 2. The average Bonchev–Trinajstić information content (AvgIpc) is 2.86.